The van der Waals surface area contributed by atoms with Crippen molar-refractivity contribution in [2.75, 3.05) is 30.9 Å². The summed E-state index contributed by atoms with van der Waals surface area (Å²) in [6, 6.07) is 10.3. The zero-order chi connectivity index (χ0) is 17.3. The average molecular weight is 326 g/mol. The monoisotopic (exact) mass is 326 g/mol. The van der Waals surface area contributed by atoms with Gasteiger partial charge in [-0.3, -0.25) is 4.79 Å². The summed E-state index contributed by atoms with van der Waals surface area (Å²) >= 11 is 0. The average Bonchev–Trinajstić information content (AvgIpc) is 2.54. The lowest BCUT2D eigenvalue weighted by Crippen LogP contribution is -2.25. The van der Waals surface area contributed by atoms with E-state index >= 15 is 0 Å². The maximum atomic E-state index is 12.3. The molecule has 2 aromatic rings. The van der Waals surface area contributed by atoms with E-state index in [-0.39, 0.29) is 12.5 Å². The molecule has 3 rings (SSSR count). The van der Waals surface area contributed by atoms with Gasteiger partial charge in [0, 0.05) is 25.8 Å². The number of hydrogen-bond acceptors (Lipinski definition) is 5. The summed E-state index contributed by atoms with van der Waals surface area (Å²) in [5, 5.41) is 2.68. The van der Waals surface area contributed by atoms with E-state index in [0.717, 1.165) is 11.3 Å². The van der Waals surface area contributed by atoms with E-state index < -0.39 is 5.97 Å². The maximum Gasteiger partial charge on any atom is 0.343 e. The minimum atomic E-state index is -0.452. The van der Waals surface area contributed by atoms with Gasteiger partial charge in [0.2, 0.25) is 0 Å². The third-order valence-electron chi connectivity index (χ3n) is 3.71. The van der Waals surface area contributed by atoms with Crippen LogP contribution >= 0.6 is 0 Å². The summed E-state index contributed by atoms with van der Waals surface area (Å²) in [5.41, 5.74) is 2.99. The molecule has 0 aliphatic carbocycles. The van der Waals surface area contributed by atoms with E-state index in [9.17, 15) is 9.59 Å². The topological polar surface area (TPSA) is 67.9 Å². The largest absolute Gasteiger partial charge is 0.482 e. The Hall–Kier alpha value is -3.02. The number of ether oxygens (including phenoxy) is 2. The maximum absolute atomic E-state index is 12.3. The van der Waals surface area contributed by atoms with Crippen LogP contribution in [0.5, 0.6) is 11.5 Å². The molecule has 6 nitrogen and oxygen atoms in total. The molecular weight excluding hydrogens is 308 g/mol. The van der Waals surface area contributed by atoms with Crippen LogP contribution in [0.1, 0.15) is 15.9 Å². The van der Waals surface area contributed by atoms with Gasteiger partial charge in [-0.25, -0.2) is 4.79 Å². The third kappa shape index (κ3) is 3.17. The highest BCUT2D eigenvalue weighted by molar-refractivity contribution is 5.96. The van der Waals surface area contributed by atoms with Crippen LogP contribution in [0.25, 0.3) is 0 Å². The summed E-state index contributed by atoms with van der Waals surface area (Å²) in [7, 11) is 3.90. The molecule has 0 radical (unpaired) electrons. The van der Waals surface area contributed by atoms with Gasteiger partial charge < -0.3 is 19.7 Å². The predicted octanol–water partition coefficient (Wildman–Crippen LogP) is 2.61. The van der Waals surface area contributed by atoms with Gasteiger partial charge in [-0.1, -0.05) is 0 Å². The molecule has 1 N–H and O–H groups in total. The quantitative estimate of drug-likeness (QED) is 0.694. The summed E-state index contributed by atoms with van der Waals surface area (Å²) in [6.07, 6.45) is 0. The Morgan fingerprint density at radius 1 is 1.21 bits per heavy atom. The highest BCUT2D eigenvalue weighted by Gasteiger charge is 2.18. The minimum Gasteiger partial charge on any atom is -0.482 e. The molecule has 1 heterocycles. The lowest BCUT2D eigenvalue weighted by atomic mass is 10.1. The second kappa shape index (κ2) is 6.23. The fraction of sp³-hybridized carbons (Fsp3) is 0.222. The van der Waals surface area contributed by atoms with Crippen molar-refractivity contribution in [3.05, 3.63) is 47.5 Å². The van der Waals surface area contributed by atoms with Crippen molar-refractivity contribution in [2.24, 2.45) is 0 Å². The Bertz CT molecular complexity index is 815. The van der Waals surface area contributed by atoms with Crippen molar-refractivity contribution in [2.45, 2.75) is 6.92 Å². The van der Waals surface area contributed by atoms with Gasteiger partial charge in [0.15, 0.2) is 6.61 Å². The van der Waals surface area contributed by atoms with Crippen molar-refractivity contribution in [1.29, 1.82) is 0 Å². The molecule has 0 saturated carbocycles. The number of aryl methyl sites for hydroxylation is 1. The van der Waals surface area contributed by atoms with E-state index in [4.69, 9.17) is 9.47 Å². The van der Waals surface area contributed by atoms with Gasteiger partial charge in [-0.2, -0.15) is 0 Å². The standard InChI is InChI=1S/C18H18N2O4/c1-11-8-12(4-6-15(11)20(2)3)18(22)24-13-5-7-16-14(9-13)19-17(21)10-23-16/h4-9H,10H2,1-3H3,(H,19,21). The van der Waals surface area contributed by atoms with E-state index in [1.807, 2.05) is 32.0 Å². The number of benzene rings is 2. The minimum absolute atomic E-state index is 0.0103. The second-order valence-corrected chi connectivity index (χ2v) is 5.78. The van der Waals surface area contributed by atoms with E-state index in [2.05, 4.69) is 5.32 Å². The zero-order valence-corrected chi connectivity index (χ0v) is 13.8. The second-order valence-electron chi connectivity index (χ2n) is 5.78. The first-order chi connectivity index (χ1) is 11.4. The van der Waals surface area contributed by atoms with Gasteiger partial charge in [0.25, 0.3) is 5.91 Å². The molecule has 6 heteroatoms. The molecule has 0 saturated heterocycles. The third-order valence-corrected chi connectivity index (χ3v) is 3.71. The lowest BCUT2D eigenvalue weighted by Gasteiger charge is -2.18. The number of rotatable bonds is 3. The smallest absolute Gasteiger partial charge is 0.343 e. The Balaban J connectivity index is 1.79. The highest BCUT2D eigenvalue weighted by atomic mass is 16.5. The summed E-state index contributed by atoms with van der Waals surface area (Å²) in [5.74, 6) is 0.215. The van der Waals surface area contributed by atoms with Crippen LogP contribution in [0.4, 0.5) is 11.4 Å². The number of fused-ring (bicyclic) bond motifs is 1. The molecule has 0 fully saturated rings. The van der Waals surface area contributed by atoms with Crippen molar-refractivity contribution < 1.29 is 19.1 Å². The zero-order valence-electron chi connectivity index (χ0n) is 13.8. The molecule has 24 heavy (non-hydrogen) atoms. The first kappa shape index (κ1) is 15.9. The number of hydrogen-bond donors (Lipinski definition) is 1. The predicted molar refractivity (Wildman–Crippen MR) is 91.0 cm³/mol. The summed E-state index contributed by atoms with van der Waals surface area (Å²) in [6.45, 7) is 1.93. The molecule has 0 atom stereocenters. The lowest BCUT2D eigenvalue weighted by molar-refractivity contribution is -0.118. The van der Waals surface area contributed by atoms with E-state index in [1.54, 1.807) is 30.3 Å². The van der Waals surface area contributed by atoms with Gasteiger partial charge in [-0.15, -0.1) is 0 Å². The molecule has 0 spiro atoms. The molecule has 0 bridgehead atoms. The Kier molecular flexibility index (Phi) is 4.12. The Morgan fingerprint density at radius 2 is 2.00 bits per heavy atom. The molecule has 2 aromatic carbocycles. The molecule has 0 unspecified atom stereocenters. The Labute approximate surface area is 140 Å². The van der Waals surface area contributed by atoms with E-state index in [0.29, 0.717) is 22.7 Å². The molecule has 1 aliphatic rings. The SMILES string of the molecule is Cc1cc(C(=O)Oc2ccc3c(c2)NC(=O)CO3)ccc1N(C)C. The van der Waals surface area contributed by atoms with Gasteiger partial charge in [0.05, 0.1) is 11.3 Å². The highest BCUT2D eigenvalue weighted by Crippen LogP contribution is 2.31. The van der Waals surface area contributed by atoms with Crippen molar-refractivity contribution in [3.63, 3.8) is 0 Å². The fourth-order valence-electron chi connectivity index (χ4n) is 2.58. The molecule has 124 valence electrons. The fourth-order valence-corrected chi connectivity index (χ4v) is 2.58. The van der Waals surface area contributed by atoms with Crippen LogP contribution in [-0.4, -0.2) is 32.6 Å². The van der Waals surface area contributed by atoms with Crippen LogP contribution in [0, 0.1) is 6.92 Å². The van der Waals surface area contributed by atoms with Crippen LogP contribution in [0.15, 0.2) is 36.4 Å². The molecule has 0 aromatic heterocycles. The number of nitrogens with zero attached hydrogens (tertiary/aromatic N) is 1. The number of nitrogens with one attached hydrogen (secondary N) is 1. The number of amides is 1. The van der Waals surface area contributed by atoms with Crippen LogP contribution < -0.4 is 19.7 Å². The number of anilines is 2. The summed E-state index contributed by atoms with van der Waals surface area (Å²) < 4.78 is 10.7. The van der Waals surface area contributed by atoms with Crippen LogP contribution in [0.2, 0.25) is 0 Å². The van der Waals surface area contributed by atoms with Gasteiger partial charge in [0.1, 0.15) is 11.5 Å². The number of esters is 1. The molecular formula is C18H18N2O4. The normalized spacial score (nSPS) is 12.7. The Morgan fingerprint density at radius 3 is 2.71 bits per heavy atom. The number of carbonyl (C=O) groups excluding carboxylic acids is 2. The van der Waals surface area contributed by atoms with Crippen molar-refractivity contribution in [1.82, 2.24) is 0 Å². The van der Waals surface area contributed by atoms with Crippen LogP contribution in [0.3, 0.4) is 0 Å². The molecule has 1 amide bonds. The van der Waals surface area contributed by atoms with Crippen molar-refractivity contribution >= 4 is 23.3 Å². The summed E-state index contributed by atoms with van der Waals surface area (Å²) in [4.78, 5) is 25.7. The van der Waals surface area contributed by atoms with Crippen LogP contribution in [-0.2, 0) is 4.79 Å². The van der Waals surface area contributed by atoms with Gasteiger partial charge in [-0.05, 0) is 42.8 Å². The van der Waals surface area contributed by atoms with Gasteiger partial charge >= 0.3 is 5.97 Å². The first-order valence-electron chi connectivity index (χ1n) is 7.51. The molecule has 1 aliphatic heterocycles. The number of carbonyl (C=O) groups is 2. The van der Waals surface area contributed by atoms with E-state index in [1.165, 1.54) is 0 Å². The first-order valence-corrected chi connectivity index (χ1v) is 7.51. The van der Waals surface area contributed by atoms with Crippen molar-refractivity contribution in [3.8, 4) is 11.5 Å².